The molecular weight excluding hydrogens is 383 g/mol. The minimum atomic E-state index is 0. The monoisotopic (exact) mass is 383 g/mol. The molecule has 0 aromatic heterocycles. The standard InChI is InChI=1S/2BrH.Hg.Na/h2*1H;;/q;;2*+1/p-2. The van der Waals surface area contributed by atoms with Crippen LogP contribution in [0.15, 0.2) is 0 Å². The summed E-state index contributed by atoms with van der Waals surface area (Å²) < 4.78 is 0. The zero-order chi connectivity index (χ0) is 0. The van der Waals surface area contributed by atoms with Gasteiger partial charge in [0.25, 0.3) is 0 Å². The summed E-state index contributed by atoms with van der Waals surface area (Å²) in [6.45, 7) is 0. The number of rotatable bonds is 0. The van der Waals surface area contributed by atoms with E-state index in [4.69, 9.17) is 0 Å². The first-order valence-electron chi connectivity index (χ1n) is 0. The van der Waals surface area contributed by atoms with E-state index in [2.05, 4.69) is 0 Å². The van der Waals surface area contributed by atoms with Crippen LogP contribution in [0, 0.1) is 0 Å². The minimum absolute atomic E-state index is 0. The summed E-state index contributed by atoms with van der Waals surface area (Å²) >= 11 is 0. The molecule has 0 aromatic rings. The zero-order valence-corrected chi connectivity index (χ0v) is 13.1. The first kappa shape index (κ1) is 28.6. The van der Waals surface area contributed by atoms with Crippen LogP contribution in [-0.2, 0) is 27.7 Å². The van der Waals surface area contributed by atoms with Crippen LogP contribution in [0.25, 0.3) is 0 Å². The summed E-state index contributed by atoms with van der Waals surface area (Å²) in [6, 6.07) is 0. The molecule has 0 unspecified atom stereocenters. The van der Waals surface area contributed by atoms with Gasteiger partial charge in [-0.15, -0.1) is 0 Å². The van der Waals surface area contributed by atoms with E-state index >= 15 is 0 Å². The zero-order valence-electron chi connectivity index (χ0n) is 2.46. The van der Waals surface area contributed by atoms with Crippen LogP contribution in [0.1, 0.15) is 0 Å². The van der Waals surface area contributed by atoms with Gasteiger partial charge < -0.3 is 34.0 Å². The summed E-state index contributed by atoms with van der Waals surface area (Å²) in [4.78, 5) is 0. The molecule has 0 aliphatic carbocycles. The maximum atomic E-state index is 0. The van der Waals surface area contributed by atoms with Gasteiger partial charge in [-0.3, -0.25) is 0 Å². The molecule has 0 heterocycles. The smallest absolute Gasteiger partial charge is 1.00 e. The van der Waals surface area contributed by atoms with Crippen molar-refractivity contribution in [1.29, 1.82) is 0 Å². The van der Waals surface area contributed by atoms with Crippen molar-refractivity contribution in [1.82, 2.24) is 0 Å². The van der Waals surface area contributed by atoms with Crippen molar-refractivity contribution in [3.63, 3.8) is 0 Å². The molecule has 0 amide bonds. The summed E-state index contributed by atoms with van der Waals surface area (Å²) in [5.41, 5.74) is 0. The Labute approximate surface area is 89.4 Å². The molecule has 0 spiro atoms. The van der Waals surface area contributed by atoms with Crippen LogP contribution in [0.3, 0.4) is 0 Å². The molecule has 0 atom stereocenters. The third-order valence-corrected chi connectivity index (χ3v) is 0. The quantitative estimate of drug-likeness (QED) is 0.365. The third-order valence-electron chi connectivity index (χ3n) is 0. The van der Waals surface area contributed by atoms with Gasteiger partial charge in [-0.2, -0.15) is 0 Å². The van der Waals surface area contributed by atoms with Crippen LogP contribution in [0.2, 0.25) is 0 Å². The Morgan fingerprint density at radius 1 is 0.750 bits per heavy atom. The van der Waals surface area contributed by atoms with Crippen molar-refractivity contribution < 1.29 is 91.2 Å². The fourth-order valence-electron chi connectivity index (χ4n) is 0. The predicted molar refractivity (Wildman–Crippen MR) is 0 cm³/mol. The van der Waals surface area contributed by atoms with Gasteiger partial charge in [0.2, 0.25) is 0 Å². The molecule has 0 aromatic carbocycles. The third kappa shape index (κ3) is 8.86. The minimum Gasteiger partial charge on any atom is -1.00 e. The largest absolute Gasteiger partial charge is 1.00 e. The van der Waals surface area contributed by atoms with Crippen LogP contribution in [-0.4, -0.2) is 0 Å². The summed E-state index contributed by atoms with van der Waals surface area (Å²) in [5.74, 6) is 0. The molecule has 0 aliphatic heterocycles. The second kappa shape index (κ2) is 16.9. The summed E-state index contributed by atoms with van der Waals surface area (Å²) in [6.07, 6.45) is 0. The maximum Gasteiger partial charge on any atom is 1.00 e. The van der Waals surface area contributed by atoms with Gasteiger partial charge in [-0.05, 0) is 0 Å². The van der Waals surface area contributed by atoms with Gasteiger partial charge in [-0.1, -0.05) is 0 Å². The molecule has 0 saturated carbocycles. The molecule has 0 N–H and O–H groups in total. The van der Waals surface area contributed by atoms with Gasteiger partial charge in [0, 0.05) is 0 Å². The SMILES string of the molecule is [Br-].[Br-].[Hg+].[Na+]. The van der Waals surface area contributed by atoms with E-state index in [9.17, 15) is 0 Å². The van der Waals surface area contributed by atoms with Gasteiger partial charge in [0.05, 0.1) is 0 Å². The van der Waals surface area contributed by atoms with Crippen molar-refractivity contribution in [3.8, 4) is 0 Å². The van der Waals surface area contributed by atoms with Crippen molar-refractivity contribution >= 4 is 0 Å². The molecule has 0 bridgehead atoms. The van der Waals surface area contributed by atoms with E-state index < -0.39 is 0 Å². The van der Waals surface area contributed by atoms with Crippen molar-refractivity contribution in [2.75, 3.05) is 0 Å². The molecule has 0 nitrogen and oxygen atoms in total. The fourth-order valence-corrected chi connectivity index (χ4v) is 0. The van der Waals surface area contributed by atoms with Crippen molar-refractivity contribution in [2.24, 2.45) is 0 Å². The Balaban J connectivity index is 0. The Morgan fingerprint density at radius 3 is 0.750 bits per heavy atom. The van der Waals surface area contributed by atoms with Crippen LogP contribution < -0.4 is 63.5 Å². The van der Waals surface area contributed by atoms with E-state index in [1.807, 2.05) is 0 Å². The Kier molecular flexibility index (Phi) is 120. The fraction of sp³-hybridized carbons (Fsp3) is 0. The van der Waals surface area contributed by atoms with Crippen LogP contribution >= 0.6 is 0 Å². The average molecular weight is 383 g/mol. The van der Waals surface area contributed by atoms with Crippen molar-refractivity contribution in [2.45, 2.75) is 0 Å². The molecule has 0 rings (SSSR count). The van der Waals surface area contributed by atoms with E-state index in [0.29, 0.717) is 0 Å². The number of hydrogen-bond donors (Lipinski definition) is 0. The van der Waals surface area contributed by atoms with Gasteiger partial charge in [0.15, 0.2) is 0 Å². The number of halogens is 2. The molecule has 1 radical (unpaired) electrons. The molecule has 0 saturated heterocycles. The van der Waals surface area contributed by atoms with Crippen LogP contribution in [0.4, 0.5) is 0 Å². The van der Waals surface area contributed by atoms with Gasteiger partial charge in [0.1, 0.15) is 0 Å². The normalized spacial score (nSPS) is 0. The van der Waals surface area contributed by atoms with E-state index in [0.717, 1.165) is 0 Å². The van der Waals surface area contributed by atoms with Gasteiger partial charge in [-0.25, -0.2) is 0 Å². The summed E-state index contributed by atoms with van der Waals surface area (Å²) in [7, 11) is 0. The van der Waals surface area contributed by atoms with Crippen molar-refractivity contribution in [3.05, 3.63) is 0 Å². The first-order valence-corrected chi connectivity index (χ1v) is 0. The van der Waals surface area contributed by atoms with Gasteiger partial charge >= 0.3 is 57.2 Å². The predicted octanol–water partition coefficient (Wildman–Crippen LogP) is -8.99. The topological polar surface area (TPSA) is 0 Å². The molecule has 0 aliphatic rings. The Hall–Kier alpha value is 2.90. The molecular formula is Br2HgNa. The second-order valence-corrected chi connectivity index (χ2v) is 0. The Morgan fingerprint density at radius 2 is 0.750 bits per heavy atom. The summed E-state index contributed by atoms with van der Waals surface area (Å²) in [5, 5.41) is 0. The maximum absolute atomic E-state index is 0. The molecule has 0 fully saturated rings. The van der Waals surface area contributed by atoms with E-state index in [-0.39, 0.29) is 91.2 Å². The van der Waals surface area contributed by atoms with E-state index in [1.165, 1.54) is 0 Å². The van der Waals surface area contributed by atoms with Crippen LogP contribution in [0.5, 0.6) is 0 Å². The number of hydrogen-bond acceptors (Lipinski definition) is 0. The Bertz CT molecular complexity index is 6.00. The molecule has 17 valence electrons. The first-order chi connectivity index (χ1) is 0. The average Bonchev–Trinajstić information content (AvgIpc) is 0. The second-order valence-electron chi connectivity index (χ2n) is 0. The molecule has 4 heteroatoms. The van der Waals surface area contributed by atoms with E-state index in [1.54, 1.807) is 0 Å². The molecule has 4 heavy (non-hydrogen) atoms.